The van der Waals surface area contributed by atoms with Crippen molar-refractivity contribution in [1.29, 1.82) is 0 Å². The number of hydrogen-bond donors (Lipinski definition) is 1. The number of halogens is 2. The molecule has 110 valence electrons. The Bertz CT molecular complexity index is 854. The van der Waals surface area contributed by atoms with Gasteiger partial charge < -0.3 is 4.42 Å². The molecule has 0 radical (unpaired) electrons. The van der Waals surface area contributed by atoms with Gasteiger partial charge in [0.25, 0.3) is 5.91 Å². The van der Waals surface area contributed by atoms with Crippen LogP contribution < -0.4 is 5.43 Å². The van der Waals surface area contributed by atoms with Gasteiger partial charge in [0.15, 0.2) is 3.77 Å². The molecule has 2 aromatic carbocycles. The quantitative estimate of drug-likeness (QED) is 0.348. The first-order valence-corrected chi connectivity index (χ1v) is 8.28. The highest BCUT2D eigenvalue weighted by Gasteiger charge is 2.06. The van der Waals surface area contributed by atoms with Crippen molar-refractivity contribution in [2.24, 2.45) is 5.10 Å². The third-order valence-corrected chi connectivity index (χ3v) is 5.17. The number of fused-ring (bicyclic) bond motifs is 1. The van der Waals surface area contributed by atoms with Gasteiger partial charge in [-0.3, -0.25) is 4.79 Å². The van der Waals surface area contributed by atoms with Crippen LogP contribution in [0.3, 0.4) is 0 Å². The minimum absolute atomic E-state index is 0.262. The molecule has 4 nitrogen and oxygen atoms in total. The first-order valence-electron chi connectivity index (χ1n) is 6.40. The Morgan fingerprint density at radius 2 is 1.95 bits per heavy atom. The van der Waals surface area contributed by atoms with Crippen LogP contribution in [0, 0.1) is 3.77 Å². The van der Waals surface area contributed by atoms with Gasteiger partial charge in [0, 0.05) is 34.2 Å². The fourth-order valence-corrected chi connectivity index (χ4v) is 2.69. The van der Waals surface area contributed by atoms with Crippen molar-refractivity contribution in [3.63, 3.8) is 0 Å². The van der Waals surface area contributed by atoms with Gasteiger partial charge in [-0.15, -0.1) is 0 Å². The van der Waals surface area contributed by atoms with Gasteiger partial charge in [0.05, 0.1) is 10.7 Å². The van der Waals surface area contributed by atoms with E-state index in [1.54, 1.807) is 12.1 Å². The molecule has 3 rings (SSSR count). The minimum Gasteiger partial charge on any atom is -0.448 e. The lowest BCUT2D eigenvalue weighted by Crippen LogP contribution is -2.17. The molecule has 1 heterocycles. The Labute approximate surface area is 148 Å². The molecule has 1 aromatic heterocycles. The van der Waals surface area contributed by atoms with Crippen LogP contribution in [0.25, 0.3) is 10.8 Å². The van der Waals surface area contributed by atoms with Gasteiger partial charge in [-0.25, -0.2) is 5.43 Å². The van der Waals surface area contributed by atoms with E-state index in [2.05, 4.69) is 49.0 Å². The highest BCUT2D eigenvalue weighted by molar-refractivity contribution is 14.1. The van der Waals surface area contributed by atoms with Crippen molar-refractivity contribution >= 4 is 61.4 Å². The van der Waals surface area contributed by atoms with Gasteiger partial charge in [-0.05, 0) is 38.8 Å². The van der Waals surface area contributed by atoms with Crippen molar-refractivity contribution in [3.05, 3.63) is 68.1 Å². The number of rotatable bonds is 3. The number of carbonyl (C=O) groups is 1. The van der Waals surface area contributed by atoms with E-state index in [-0.39, 0.29) is 5.91 Å². The number of hydrogen-bond acceptors (Lipinski definition) is 3. The average Bonchev–Trinajstić information content (AvgIpc) is 2.85. The molecular weight excluding hydrogens is 459 g/mol. The summed E-state index contributed by atoms with van der Waals surface area (Å²) >= 11 is 5.41. The topological polar surface area (TPSA) is 54.6 Å². The Morgan fingerprint density at radius 1 is 1.18 bits per heavy atom. The molecular formula is C16H10BrIN2O2. The fourth-order valence-electron chi connectivity index (χ4n) is 1.98. The lowest BCUT2D eigenvalue weighted by molar-refractivity contribution is 0.0955. The number of hydrazone groups is 1. The standard InChI is InChI=1S/C16H10BrIN2O2/c17-14-8-13(22-15(14)18)9-19-20-16(21)12-6-5-10-3-1-2-4-11(10)7-12/h1-9H,(H,20,21)/b19-9-. The summed E-state index contributed by atoms with van der Waals surface area (Å²) in [6.07, 6.45) is 1.46. The zero-order chi connectivity index (χ0) is 15.5. The van der Waals surface area contributed by atoms with Crippen LogP contribution in [-0.4, -0.2) is 12.1 Å². The monoisotopic (exact) mass is 468 g/mol. The molecule has 0 aliphatic rings. The lowest BCUT2D eigenvalue weighted by Gasteiger charge is -2.02. The van der Waals surface area contributed by atoms with Crippen LogP contribution in [0.1, 0.15) is 16.1 Å². The number of nitrogens with one attached hydrogen (secondary N) is 1. The SMILES string of the molecule is O=C(N/N=C\c1cc(Br)c(I)o1)c1ccc2ccccc2c1. The smallest absolute Gasteiger partial charge is 0.271 e. The Hall–Kier alpha value is -1.67. The van der Waals surface area contributed by atoms with E-state index in [9.17, 15) is 4.79 Å². The largest absolute Gasteiger partial charge is 0.448 e. The predicted molar refractivity (Wildman–Crippen MR) is 98.1 cm³/mol. The van der Waals surface area contributed by atoms with Crippen molar-refractivity contribution in [2.75, 3.05) is 0 Å². The summed E-state index contributed by atoms with van der Waals surface area (Å²) < 4.78 is 6.99. The van der Waals surface area contributed by atoms with E-state index in [1.165, 1.54) is 6.21 Å². The third-order valence-electron chi connectivity index (χ3n) is 3.03. The number of carbonyl (C=O) groups excluding carboxylic acids is 1. The Kier molecular flexibility index (Phi) is 4.58. The summed E-state index contributed by atoms with van der Waals surface area (Å²) in [6.45, 7) is 0. The van der Waals surface area contributed by atoms with Crippen LogP contribution in [0.4, 0.5) is 0 Å². The molecule has 0 fully saturated rings. The predicted octanol–water partition coefficient (Wildman–Crippen LogP) is 4.56. The van der Waals surface area contributed by atoms with Gasteiger partial charge in [-0.1, -0.05) is 30.3 Å². The molecule has 22 heavy (non-hydrogen) atoms. The number of benzene rings is 2. The minimum atomic E-state index is -0.262. The van der Waals surface area contributed by atoms with Crippen molar-refractivity contribution in [3.8, 4) is 0 Å². The van der Waals surface area contributed by atoms with Crippen molar-refractivity contribution < 1.29 is 9.21 Å². The summed E-state index contributed by atoms with van der Waals surface area (Å²) in [5, 5.41) is 6.02. The summed E-state index contributed by atoms with van der Waals surface area (Å²) in [5.74, 6) is 0.303. The second kappa shape index (κ2) is 6.62. The van der Waals surface area contributed by atoms with Crippen molar-refractivity contribution in [2.45, 2.75) is 0 Å². The molecule has 0 saturated heterocycles. The number of furan rings is 1. The lowest BCUT2D eigenvalue weighted by atomic mass is 10.1. The summed E-state index contributed by atoms with van der Waals surface area (Å²) in [4.78, 5) is 12.1. The van der Waals surface area contributed by atoms with Crippen molar-refractivity contribution in [1.82, 2.24) is 5.43 Å². The van der Waals surface area contributed by atoms with Crippen LogP contribution in [0.2, 0.25) is 0 Å². The first kappa shape index (κ1) is 15.2. The summed E-state index contributed by atoms with van der Waals surface area (Å²) in [5.41, 5.74) is 3.05. The van der Waals surface area contributed by atoms with E-state index in [0.717, 1.165) is 19.0 Å². The van der Waals surface area contributed by atoms with E-state index in [1.807, 2.05) is 36.4 Å². The van der Waals surface area contributed by atoms with E-state index < -0.39 is 0 Å². The molecule has 0 aliphatic heterocycles. The molecule has 3 aromatic rings. The molecule has 0 spiro atoms. The second-order valence-electron chi connectivity index (χ2n) is 4.53. The van der Waals surface area contributed by atoms with Gasteiger partial charge in [0.2, 0.25) is 0 Å². The molecule has 0 aliphatic carbocycles. The van der Waals surface area contributed by atoms with E-state index >= 15 is 0 Å². The zero-order valence-corrected chi connectivity index (χ0v) is 15.0. The van der Waals surface area contributed by atoms with Gasteiger partial charge in [-0.2, -0.15) is 5.10 Å². The van der Waals surface area contributed by atoms with Crippen LogP contribution in [-0.2, 0) is 0 Å². The van der Waals surface area contributed by atoms with Gasteiger partial charge in [0.1, 0.15) is 5.76 Å². The normalized spacial score (nSPS) is 11.2. The number of amides is 1. The maximum Gasteiger partial charge on any atom is 0.271 e. The molecule has 0 atom stereocenters. The molecule has 0 bridgehead atoms. The fraction of sp³-hybridized carbons (Fsp3) is 0. The second-order valence-corrected chi connectivity index (χ2v) is 6.37. The Balaban J connectivity index is 1.72. The summed E-state index contributed by atoms with van der Waals surface area (Å²) in [7, 11) is 0. The zero-order valence-electron chi connectivity index (χ0n) is 11.2. The van der Waals surface area contributed by atoms with E-state index in [4.69, 9.17) is 4.42 Å². The highest BCUT2D eigenvalue weighted by atomic mass is 127. The number of nitrogens with zero attached hydrogens (tertiary/aromatic N) is 1. The molecule has 0 saturated carbocycles. The van der Waals surface area contributed by atoms with E-state index in [0.29, 0.717) is 11.3 Å². The van der Waals surface area contributed by atoms with Crippen LogP contribution in [0.15, 0.2) is 62.5 Å². The first-order chi connectivity index (χ1) is 10.6. The van der Waals surface area contributed by atoms with Crippen LogP contribution >= 0.6 is 38.5 Å². The molecule has 1 amide bonds. The summed E-state index contributed by atoms with van der Waals surface area (Å²) in [6, 6.07) is 15.2. The molecule has 6 heteroatoms. The maximum absolute atomic E-state index is 12.1. The average molecular weight is 469 g/mol. The van der Waals surface area contributed by atoms with Crippen LogP contribution in [0.5, 0.6) is 0 Å². The molecule has 1 N–H and O–H groups in total. The third kappa shape index (κ3) is 3.38. The highest BCUT2D eigenvalue weighted by Crippen LogP contribution is 2.22. The maximum atomic E-state index is 12.1. The molecule has 0 unspecified atom stereocenters. The van der Waals surface area contributed by atoms with Gasteiger partial charge >= 0.3 is 0 Å². The Morgan fingerprint density at radius 3 is 2.68 bits per heavy atom.